The van der Waals surface area contributed by atoms with E-state index in [1.54, 1.807) is 0 Å². The molecule has 0 radical (unpaired) electrons. The molecule has 1 saturated carbocycles. The molecule has 0 aromatic heterocycles. The van der Waals surface area contributed by atoms with Crippen LogP contribution in [0.5, 0.6) is 0 Å². The third kappa shape index (κ3) is 2.14. The molecule has 0 heterocycles. The first kappa shape index (κ1) is 15.7. The fraction of sp³-hybridized carbons (Fsp3) is 0.700. The third-order valence-corrected chi connectivity index (χ3v) is 6.74. The predicted octanol–water partition coefficient (Wildman–Crippen LogP) is 4.50. The first-order valence-corrected chi connectivity index (χ1v) is 8.73. The summed E-state index contributed by atoms with van der Waals surface area (Å²) in [4.78, 5) is 24.3. The van der Waals surface area contributed by atoms with Gasteiger partial charge in [-0.05, 0) is 53.6 Å². The number of aldehydes is 1. The van der Waals surface area contributed by atoms with Crippen molar-refractivity contribution in [2.24, 2.45) is 28.6 Å². The molecule has 22 heavy (non-hydrogen) atoms. The van der Waals surface area contributed by atoms with E-state index < -0.39 is 0 Å². The summed E-state index contributed by atoms with van der Waals surface area (Å²) in [6, 6.07) is 0. The summed E-state index contributed by atoms with van der Waals surface area (Å²) in [7, 11) is 0. The van der Waals surface area contributed by atoms with Gasteiger partial charge in [-0.1, -0.05) is 46.3 Å². The number of fused-ring (bicyclic) bond motifs is 3. The lowest BCUT2D eigenvalue weighted by molar-refractivity contribution is -0.130. The lowest BCUT2D eigenvalue weighted by Crippen LogP contribution is -2.51. The molecule has 2 heteroatoms. The molecule has 0 saturated heterocycles. The van der Waals surface area contributed by atoms with Gasteiger partial charge in [-0.15, -0.1) is 0 Å². The molecule has 0 N–H and O–H groups in total. The zero-order valence-corrected chi connectivity index (χ0v) is 14.3. The third-order valence-electron chi connectivity index (χ3n) is 6.74. The highest BCUT2D eigenvalue weighted by Crippen LogP contribution is 2.61. The molecule has 3 rings (SSSR count). The van der Waals surface area contributed by atoms with Crippen LogP contribution in [0.3, 0.4) is 0 Å². The predicted molar refractivity (Wildman–Crippen MR) is 88.4 cm³/mol. The van der Waals surface area contributed by atoms with Crippen LogP contribution in [0, 0.1) is 28.6 Å². The Morgan fingerprint density at radius 1 is 1.27 bits per heavy atom. The standard InChI is InChI=1S/C20H28O2/c1-13(2)15-10-14-6-7-18-19(3,12-21)8-5-9-20(18,4)16(14)11-17(15)22/h6,10,12-13,16,18H,5,7-9,11H2,1-4H3. The second kappa shape index (κ2) is 5.18. The second-order valence-corrected chi connectivity index (χ2v) is 8.41. The zero-order chi connectivity index (χ0) is 16.1. The minimum Gasteiger partial charge on any atom is -0.303 e. The van der Waals surface area contributed by atoms with Gasteiger partial charge in [0.2, 0.25) is 0 Å². The van der Waals surface area contributed by atoms with E-state index in [4.69, 9.17) is 0 Å². The van der Waals surface area contributed by atoms with Gasteiger partial charge in [0, 0.05) is 11.8 Å². The maximum Gasteiger partial charge on any atom is 0.159 e. The van der Waals surface area contributed by atoms with Gasteiger partial charge >= 0.3 is 0 Å². The Hall–Kier alpha value is -1.18. The molecule has 0 aliphatic heterocycles. The van der Waals surface area contributed by atoms with E-state index in [-0.39, 0.29) is 10.8 Å². The molecule has 0 aromatic carbocycles. The van der Waals surface area contributed by atoms with Crippen LogP contribution in [0.15, 0.2) is 23.3 Å². The Bertz CT molecular complexity index is 568. The summed E-state index contributed by atoms with van der Waals surface area (Å²) in [6.45, 7) is 8.66. The van der Waals surface area contributed by atoms with Crippen molar-refractivity contribution in [1.29, 1.82) is 0 Å². The van der Waals surface area contributed by atoms with Crippen LogP contribution in [0.1, 0.15) is 59.8 Å². The van der Waals surface area contributed by atoms with Crippen LogP contribution in [0.2, 0.25) is 0 Å². The quantitative estimate of drug-likeness (QED) is 0.704. The molecule has 120 valence electrons. The Morgan fingerprint density at radius 2 is 2.00 bits per heavy atom. The molecule has 3 aliphatic rings. The molecule has 3 aliphatic carbocycles. The Balaban J connectivity index is 2.04. The van der Waals surface area contributed by atoms with Gasteiger partial charge in [0.05, 0.1) is 0 Å². The van der Waals surface area contributed by atoms with Gasteiger partial charge < -0.3 is 4.79 Å². The Labute approximate surface area is 134 Å². The maximum absolute atomic E-state index is 12.6. The Kier molecular flexibility index (Phi) is 3.70. The van der Waals surface area contributed by atoms with Crippen LogP contribution >= 0.6 is 0 Å². The number of hydrogen-bond acceptors (Lipinski definition) is 2. The monoisotopic (exact) mass is 300 g/mol. The number of ketones is 1. The van der Waals surface area contributed by atoms with Crippen LogP contribution in [0.4, 0.5) is 0 Å². The molecular weight excluding hydrogens is 272 g/mol. The second-order valence-electron chi connectivity index (χ2n) is 8.41. The molecule has 4 atom stereocenters. The summed E-state index contributed by atoms with van der Waals surface area (Å²) in [5, 5.41) is 0. The smallest absolute Gasteiger partial charge is 0.159 e. The highest BCUT2D eigenvalue weighted by atomic mass is 16.1. The minimum absolute atomic E-state index is 0.0899. The van der Waals surface area contributed by atoms with Gasteiger partial charge in [0.1, 0.15) is 6.29 Å². The van der Waals surface area contributed by atoms with Gasteiger partial charge in [-0.2, -0.15) is 0 Å². The highest BCUT2D eigenvalue weighted by Gasteiger charge is 2.55. The highest BCUT2D eigenvalue weighted by molar-refractivity contribution is 5.98. The van der Waals surface area contributed by atoms with Crippen molar-refractivity contribution >= 4 is 12.1 Å². The van der Waals surface area contributed by atoms with Crippen molar-refractivity contribution in [3.05, 3.63) is 23.3 Å². The SMILES string of the molecule is CC(C)C1=CC2=CCC3C(C)(C=O)CCCC3(C)C2CC1=O. The normalized spacial score (nSPS) is 41.4. The van der Waals surface area contributed by atoms with Gasteiger partial charge in [-0.25, -0.2) is 0 Å². The lowest BCUT2D eigenvalue weighted by atomic mass is 9.47. The molecule has 0 aromatic rings. The molecule has 0 bridgehead atoms. The summed E-state index contributed by atoms with van der Waals surface area (Å²) in [5.41, 5.74) is 2.21. The zero-order valence-electron chi connectivity index (χ0n) is 14.3. The average Bonchev–Trinajstić information content (AvgIpc) is 2.47. The first-order chi connectivity index (χ1) is 10.3. The van der Waals surface area contributed by atoms with E-state index >= 15 is 0 Å². The van der Waals surface area contributed by atoms with Crippen molar-refractivity contribution in [2.45, 2.75) is 59.8 Å². The van der Waals surface area contributed by atoms with Crippen molar-refractivity contribution in [3.63, 3.8) is 0 Å². The van der Waals surface area contributed by atoms with E-state index in [1.807, 2.05) is 0 Å². The molecule has 1 fully saturated rings. The largest absolute Gasteiger partial charge is 0.303 e. The number of allylic oxidation sites excluding steroid dienone is 4. The number of Topliss-reactive ketones (excluding diaryl/α,β-unsaturated/α-hetero) is 1. The lowest BCUT2D eigenvalue weighted by Gasteiger charge is -2.56. The minimum atomic E-state index is -0.222. The fourth-order valence-electron chi connectivity index (χ4n) is 5.39. The van der Waals surface area contributed by atoms with Gasteiger partial charge in [0.15, 0.2) is 5.78 Å². The Morgan fingerprint density at radius 3 is 2.64 bits per heavy atom. The van der Waals surface area contributed by atoms with E-state index in [9.17, 15) is 9.59 Å². The van der Waals surface area contributed by atoms with Crippen LogP contribution in [-0.2, 0) is 9.59 Å². The van der Waals surface area contributed by atoms with E-state index in [1.165, 1.54) is 11.9 Å². The fourth-order valence-corrected chi connectivity index (χ4v) is 5.39. The van der Waals surface area contributed by atoms with E-state index in [0.29, 0.717) is 30.0 Å². The van der Waals surface area contributed by atoms with E-state index in [2.05, 4.69) is 39.8 Å². The van der Waals surface area contributed by atoms with Crippen LogP contribution in [0.25, 0.3) is 0 Å². The molecule has 0 spiro atoms. The van der Waals surface area contributed by atoms with Crippen molar-refractivity contribution in [3.8, 4) is 0 Å². The molecule has 4 unspecified atom stereocenters. The van der Waals surface area contributed by atoms with Gasteiger partial charge in [0.25, 0.3) is 0 Å². The summed E-state index contributed by atoms with van der Waals surface area (Å²) in [5.74, 6) is 1.30. The molecule has 0 amide bonds. The molecule has 2 nitrogen and oxygen atoms in total. The maximum atomic E-state index is 12.6. The van der Waals surface area contributed by atoms with Gasteiger partial charge in [-0.3, -0.25) is 4.79 Å². The number of hydrogen-bond donors (Lipinski definition) is 0. The van der Waals surface area contributed by atoms with Crippen LogP contribution in [-0.4, -0.2) is 12.1 Å². The van der Waals surface area contributed by atoms with Crippen LogP contribution < -0.4 is 0 Å². The van der Waals surface area contributed by atoms with E-state index in [0.717, 1.165) is 31.3 Å². The average molecular weight is 300 g/mol. The topological polar surface area (TPSA) is 34.1 Å². The molecular formula is C20H28O2. The number of rotatable bonds is 2. The van der Waals surface area contributed by atoms with Crippen molar-refractivity contribution in [2.75, 3.05) is 0 Å². The summed E-state index contributed by atoms with van der Waals surface area (Å²) < 4.78 is 0. The van der Waals surface area contributed by atoms with Crippen molar-refractivity contribution in [1.82, 2.24) is 0 Å². The van der Waals surface area contributed by atoms with Crippen molar-refractivity contribution < 1.29 is 9.59 Å². The number of carbonyl (C=O) groups is 2. The summed E-state index contributed by atoms with van der Waals surface area (Å²) in [6.07, 6.45) is 10.5. The summed E-state index contributed by atoms with van der Waals surface area (Å²) >= 11 is 0. The first-order valence-electron chi connectivity index (χ1n) is 8.73. The number of carbonyl (C=O) groups excluding carboxylic acids is 2.